The van der Waals surface area contributed by atoms with E-state index < -0.39 is 0 Å². The van der Waals surface area contributed by atoms with Gasteiger partial charge < -0.3 is 14.0 Å². The van der Waals surface area contributed by atoms with Gasteiger partial charge in [0.15, 0.2) is 0 Å². The highest BCUT2D eigenvalue weighted by Crippen LogP contribution is 2.42. The molecule has 0 aliphatic rings. The van der Waals surface area contributed by atoms with Crippen LogP contribution in [0.25, 0.3) is 66.5 Å². The zero-order chi connectivity index (χ0) is 35.1. The molecule has 0 aliphatic carbocycles. The van der Waals surface area contributed by atoms with E-state index in [4.69, 9.17) is 0 Å². The molecule has 5 nitrogen and oxygen atoms in total. The van der Waals surface area contributed by atoms with Crippen molar-refractivity contribution in [3.63, 3.8) is 0 Å². The van der Waals surface area contributed by atoms with Crippen molar-refractivity contribution < 1.29 is 0 Å². The van der Waals surface area contributed by atoms with E-state index >= 15 is 0 Å². The largest absolute Gasteiger partial charge is 0.316 e. The van der Waals surface area contributed by atoms with Crippen LogP contribution in [0.2, 0.25) is 0 Å². The van der Waals surface area contributed by atoms with Gasteiger partial charge in [-0.1, -0.05) is 78.9 Å². The summed E-state index contributed by atoms with van der Waals surface area (Å²) >= 11 is 0. The van der Waals surface area contributed by atoms with Crippen LogP contribution >= 0.6 is 0 Å². The van der Waals surface area contributed by atoms with Crippen LogP contribution in [0.5, 0.6) is 0 Å². The minimum atomic E-state index is 0.953. The Kier molecular flexibility index (Phi) is 7.40. The predicted molar refractivity (Wildman–Crippen MR) is 219 cm³/mol. The molecule has 5 heteroatoms. The fraction of sp³-hybridized carbons (Fsp3) is 0. The number of hydrogen-bond acceptors (Lipinski definition) is 3. The zero-order valence-electron chi connectivity index (χ0n) is 28.8. The molecule has 10 aromatic rings. The molecule has 0 spiro atoms. The van der Waals surface area contributed by atoms with Gasteiger partial charge in [-0.15, -0.1) is 0 Å². The summed E-state index contributed by atoms with van der Waals surface area (Å²) in [7, 11) is 0. The molecule has 0 aliphatic heterocycles. The number of nitrogens with zero attached hydrogens (tertiary/aromatic N) is 5. The standard InChI is InChI=1S/C48H33N5/c1-3-11-37(12-4-1)51-31-28-43-46(51)27-25-42-44-32-41(24-26-47(44)53(48(42)43)38-13-5-2-6-14-38)52(39-20-16-34(17-21-39)36-10-9-29-49-33-36)40-22-18-35(19-23-40)45-15-7-8-30-50-45/h1-33H. The average molecular weight is 680 g/mol. The Morgan fingerprint density at radius 2 is 1.11 bits per heavy atom. The fourth-order valence-corrected chi connectivity index (χ4v) is 7.61. The van der Waals surface area contributed by atoms with Crippen LogP contribution in [0, 0.1) is 0 Å². The second-order valence-electron chi connectivity index (χ2n) is 13.2. The number of anilines is 3. The molecule has 0 saturated carbocycles. The van der Waals surface area contributed by atoms with Crippen LogP contribution in [0.15, 0.2) is 201 Å². The van der Waals surface area contributed by atoms with Crippen LogP contribution < -0.4 is 4.90 Å². The van der Waals surface area contributed by atoms with Crippen molar-refractivity contribution in [3.05, 3.63) is 201 Å². The number of benzene rings is 6. The molecule has 10 rings (SSSR count). The van der Waals surface area contributed by atoms with Gasteiger partial charge in [0.2, 0.25) is 0 Å². The lowest BCUT2D eigenvalue weighted by Crippen LogP contribution is -2.10. The zero-order valence-corrected chi connectivity index (χ0v) is 28.8. The summed E-state index contributed by atoms with van der Waals surface area (Å²) in [5.74, 6) is 0. The predicted octanol–water partition coefficient (Wildman–Crippen LogP) is 12.3. The molecule has 4 heterocycles. The molecule has 0 N–H and O–H groups in total. The smallest absolute Gasteiger partial charge is 0.0701 e. The highest BCUT2D eigenvalue weighted by Gasteiger charge is 2.20. The van der Waals surface area contributed by atoms with Crippen molar-refractivity contribution in [3.8, 4) is 33.8 Å². The van der Waals surface area contributed by atoms with Gasteiger partial charge in [-0.2, -0.15) is 0 Å². The van der Waals surface area contributed by atoms with E-state index in [-0.39, 0.29) is 0 Å². The van der Waals surface area contributed by atoms with Gasteiger partial charge in [0, 0.05) is 74.9 Å². The van der Waals surface area contributed by atoms with E-state index in [0.717, 1.165) is 56.3 Å². The van der Waals surface area contributed by atoms with E-state index in [0.29, 0.717) is 0 Å². The van der Waals surface area contributed by atoms with Gasteiger partial charge in [0.05, 0.1) is 22.2 Å². The molecule has 0 amide bonds. The summed E-state index contributed by atoms with van der Waals surface area (Å²) in [5.41, 5.74) is 13.3. The Labute approximate surface area is 307 Å². The van der Waals surface area contributed by atoms with E-state index in [1.165, 1.54) is 27.2 Å². The van der Waals surface area contributed by atoms with Gasteiger partial charge in [-0.05, 0) is 108 Å². The number of aromatic nitrogens is 4. The molecule has 0 radical (unpaired) electrons. The summed E-state index contributed by atoms with van der Waals surface area (Å²) in [4.78, 5) is 11.3. The minimum absolute atomic E-state index is 0.953. The van der Waals surface area contributed by atoms with Crippen molar-refractivity contribution >= 4 is 49.8 Å². The second-order valence-corrected chi connectivity index (χ2v) is 13.2. The lowest BCUT2D eigenvalue weighted by molar-refractivity contribution is 1.13. The third-order valence-corrected chi connectivity index (χ3v) is 10.1. The fourth-order valence-electron chi connectivity index (χ4n) is 7.61. The van der Waals surface area contributed by atoms with Crippen LogP contribution in [-0.4, -0.2) is 19.1 Å². The Balaban J connectivity index is 1.17. The molecule has 53 heavy (non-hydrogen) atoms. The quantitative estimate of drug-likeness (QED) is 0.168. The first-order valence-corrected chi connectivity index (χ1v) is 17.8. The number of para-hydroxylation sites is 2. The molecular weight excluding hydrogens is 647 g/mol. The molecular formula is C48H33N5. The first-order valence-electron chi connectivity index (χ1n) is 17.8. The number of pyridine rings is 2. The van der Waals surface area contributed by atoms with Crippen molar-refractivity contribution in [2.45, 2.75) is 0 Å². The number of hydrogen-bond donors (Lipinski definition) is 0. The normalized spacial score (nSPS) is 11.4. The minimum Gasteiger partial charge on any atom is -0.316 e. The van der Waals surface area contributed by atoms with Crippen molar-refractivity contribution in [1.82, 2.24) is 19.1 Å². The summed E-state index contributed by atoms with van der Waals surface area (Å²) < 4.78 is 4.69. The van der Waals surface area contributed by atoms with Crippen LogP contribution in [0.4, 0.5) is 17.1 Å². The van der Waals surface area contributed by atoms with Gasteiger partial charge in [0.25, 0.3) is 0 Å². The first kappa shape index (κ1) is 30.6. The Morgan fingerprint density at radius 3 is 1.81 bits per heavy atom. The van der Waals surface area contributed by atoms with Crippen molar-refractivity contribution in [1.29, 1.82) is 0 Å². The van der Waals surface area contributed by atoms with E-state index in [1.807, 2.05) is 42.9 Å². The molecule has 6 aromatic carbocycles. The second kappa shape index (κ2) is 12.8. The molecule has 0 unspecified atom stereocenters. The van der Waals surface area contributed by atoms with E-state index in [9.17, 15) is 0 Å². The van der Waals surface area contributed by atoms with Crippen LogP contribution in [0.1, 0.15) is 0 Å². The van der Waals surface area contributed by atoms with E-state index in [2.05, 4.69) is 182 Å². The maximum atomic E-state index is 4.59. The summed E-state index contributed by atoms with van der Waals surface area (Å²) in [5, 5.41) is 3.61. The molecule has 0 fully saturated rings. The summed E-state index contributed by atoms with van der Waals surface area (Å²) in [6.45, 7) is 0. The number of fused-ring (bicyclic) bond motifs is 5. The van der Waals surface area contributed by atoms with Gasteiger partial charge in [-0.25, -0.2) is 0 Å². The van der Waals surface area contributed by atoms with E-state index in [1.54, 1.807) is 0 Å². The van der Waals surface area contributed by atoms with Gasteiger partial charge >= 0.3 is 0 Å². The Hall–Kier alpha value is -7.24. The SMILES string of the molecule is c1ccc(-n2ccc3c2ccc2c4cc(N(c5ccc(-c6cccnc6)cc5)c5ccc(-c6ccccn6)cc5)ccc4n(-c4ccccc4)c23)cc1. The monoisotopic (exact) mass is 679 g/mol. The highest BCUT2D eigenvalue weighted by atomic mass is 15.1. The Morgan fingerprint density at radius 1 is 0.434 bits per heavy atom. The molecule has 0 saturated heterocycles. The number of rotatable bonds is 7. The van der Waals surface area contributed by atoms with Gasteiger partial charge in [-0.3, -0.25) is 9.97 Å². The van der Waals surface area contributed by atoms with Crippen LogP contribution in [-0.2, 0) is 0 Å². The van der Waals surface area contributed by atoms with Crippen LogP contribution in [0.3, 0.4) is 0 Å². The van der Waals surface area contributed by atoms with Crippen molar-refractivity contribution in [2.24, 2.45) is 0 Å². The van der Waals surface area contributed by atoms with Gasteiger partial charge in [0.1, 0.15) is 0 Å². The highest BCUT2D eigenvalue weighted by molar-refractivity contribution is 6.19. The summed E-state index contributed by atoms with van der Waals surface area (Å²) in [6, 6.07) is 62.4. The lowest BCUT2D eigenvalue weighted by atomic mass is 10.1. The maximum Gasteiger partial charge on any atom is 0.0701 e. The first-order chi connectivity index (χ1) is 26.3. The average Bonchev–Trinajstić information content (AvgIpc) is 3.82. The van der Waals surface area contributed by atoms with Crippen molar-refractivity contribution in [2.75, 3.05) is 4.90 Å². The molecule has 4 aromatic heterocycles. The molecule has 0 atom stereocenters. The summed E-state index contributed by atoms with van der Waals surface area (Å²) in [6.07, 6.45) is 7.74. The third-order valence-electron chi connectivity index (χ3n) is 10.1. The Bertz CT molecular complexity index is 2760. The molecule has 250 valence electrons. The molecule has 0 bridgehead atoms. The lowest BCUT2D eigenvalue weighted by Gasteiger charge is -2.26. The maximum absolute atomic E-state index is 4.59. The third kappa shape index (κ3) is 5.34. The topological polar surface area (TPSA) is 38.9 Å².